The van der Waals surface area contributed by atoms with Gasteiger partial charge in [0.05, 0.1) is 0 Å². The SMILES string of the molecule is CC(C)CCC(C)(Oc1ccc(-c2ccc(F)cc2F)cc1)C(=O)O. The van der Waals surface area contributed by atoms with Gasteiger partial charge in [-0.25, -0.2) is 13.6 Å². The summed E-state index contributed by atoms with van der Waals surface area (Å²) in [7, 11) is 0. The molecular formula is C20H22F2O3. The Hall–Kier alpha value is -2.43. The van der Waals surface area contributed by atoms with Gasteiger partial charge in [0.1, 0.15) is 17.4 Å². The van der Waals surface area contributed by atoms with Crippen LogP contribution in [0.5, 0.6) is 5.75 Å². The highest BCUT2D eigenvalue weighted by molar-refractivity contribution is 5.77. The minimum Gasteiger partial charge on any atom is -0.478 e. The molecule has 0 saturated carbocycles. The van der Waals surface area contributed by atoms with Gasteiger partial charge in [0.2, 0.25) is 5.60 Å². The topological polar surface area (TPSA) is 46.5 Å². The fourth-order valence-electron chi connectivity index (χ4n) is 2.45. The lowest BCUT2D eigenvalue weighted by molar-refractivity contribution is -0.154. The Bertz CT molecular complexity index is 741. The molecule has 0 aromatic heterocycles. The fourth-order valence-corrected chi connectivity index (χ4v) is 2.45. The Morgan fingerprint density at radius 3 is 2.32 bits per heavy atom. The van der Waals surface area contributed by atoms with Crippen molar-refractivity contribution in [1.82, 2.24) is 0 Å². The molecule has 0 bridgehead atoms. The van der Waals surface area contributed by atoms with Crippen LogP contribution in [0.4, 0.5) is 8.78 Å². The molecule has 0 fully saturated rings. The van der Waals surface area contributed by atoms with Crippen molar-refractivity contribution in [3.63, 3.8) is 0 Å². The van der Waals surface area contributed by atoms with E-state index in [-0.39, 0.29) is 5.56 Å². The van der Waals surface area contributed by atoms with Crippen LogP contribution in [0.25, 0.3) is 11.1 Å². The highest BCUT2D eigenvalue weighted by atomic mass is 19.1. The van der Waals surface area contributed by atoms with Crippen molar-refractivity contribution in [2.45, 2.75) is 39.2 Å². The van der Waals surface area contributed by atoms with Crippen molar-refractivity contribution < 1.29 is 23.4 Å². The largest absolute Gasteiger partial charge is 0.478 e. The zero-order chi connectivity index (χ0) is 18.6. The number of carbonyl (C=O) groups is 1. The van der Waals surface area contributed by atoms with Gasteiger partial charge in [0, 0.05) is 11.6 Å². The number of ether oxygens (including phenoxy) is 1. The summed E-state index contributed by atoms with van der Waals surface area (Å²) in [5.41, 5.74) is -0.495. The maximum absolute atomic E-state index is 13.8. The molecule has 2 aromatic carbocycles. The van der Waals surface area contributed by atoms with Gasteiger partial charge in [-0.15, -0.1) is 0 Å². The van der Waals surface area contributed by atoms with Crippen LogP contribution in [0.15, 0.2) is 42.5 Å². The van der Waals surface area contributed by atoms with Crippen molar-refractivity contribution in [3.8, 4) is 16.9 Å². The van der Waals surface area contributed by atoms with E-state index in [2.05, 4.69) is 0 Å². The van der Waals surface area contributed by atoms with E-state index in [0.717, 1.165) is 12.5 Å². The van der Waals surface area contributed by atoms with E-state index < -0.39 is 23.2 Å². The first-order valence-electron chi connectivity index (χ1n) is 8.19. The molecule has 0 aliphatic heterocycles. The van der Waals surface area contributed by atoms with Crippen LogP contribution in [0, 0.1) is 17.6 Å². The molecule has 134 valence electrons. The summed E-state index contributed by atoms with van der Waals surface area (Å²) in [6, 6.07) is 9.81. The molecule has 3 nitrogen and oxygen atoms in total. The molecule has 2 aromatic rings. The molecule has 0 spiro atoms. The highest BCUT2D eigenvalue weighted by Crippen LogP contribution is 2.29. The zero-order valence-electron chi connectivity index (χ0n) is 14.6. The Balaban J connectivity index is 2.19. The maximum Gasteiger partial charge on any atom is 0.347 e. The third kappa shape index (κ3) is 4.78. The van der Waals surface area contributed by atoms with Crippen molar-refractivity contribution in [1.29, 1.82) is 0 Å². The molecule has 0 aliphatic rings. The Morgan fingerprint density at radius 1 is 1.16 bits per heavy atom. The summed E-state index contributed by atoms with van der Waals surface area (Å²) < 4.78 is 32.5. The molecule has 1 N–H and O–H groups in total. The lowest BCUT2D eigenvalue weighted by atomic mass is 9.95. The molecule has 0 radical (unpaired) electrons. The molecule has 2 rings (SSSR count). The molecule has 1 unspecified atom stereocenters. The van der Waals surface area contributed by atoms with Crippen molar-refractivity contribution in [2.75, 3.05) is 0 Å². The minimum absolute atomic E-state index is 0.272. The average molecular weight is 348 g/mol. The smallest absolute Gasteiger partial charge is 0.347 e. The Morgan fingerprint density at radius 2 is 1.80 bits per heavy atom. The van der Waals surface area contributed by atoms with E-state index >= 15 is 0 Å². The van der Waals surface area contributed by atoms with Gasteiger partial charge in [-0.3, -0.25) is 0 Å². The number of hydrogen-bond acceptors (Lipinski definition) is 2. The summed E-state index contributed by atoms with van der Waals surface area (Å²) in [4.78, 5) is 11.6. The molecule has 0 amide bonds. The molecule has 5 heteroatoms. The number of halogens is 2. The molecule has 0 aliphatic carbocycles. The maximum atomic E-state index is 13.8. The van der Waals surface area contributed by atoms with Gasteiger partial charge in [-0.05, 0) is 55.5 Å². The average Bonchev–Trinajstić information content (AvgIpc) is 2.54. The van der Waals surface area contributed by atoms with Crippen LogP contribution in [-0.4, -0.2) is 16.7 Å². The van der Waals surface area contributed by atoms with E-state index in [0.29, 0.717) is 23.7 Å². The number of aliphatic carboxylic acids is 1. The van der Waals surface area contributed by atoms with Crippen molar-refractivity contribution >= 4 is 5.97 Å². The first-order chi connectivity index (χ1) is 11.7. The van der Waals surface area contributed by atoms with E-state index in [1.54, 1.807) is 31.2 Å². The lowest BCUT2D eigenvalue weighted by Gasteiger charge is -2.27. The van der Waals surface area contributed by atoms with Crippen LogP contribution in [0.3, 0.4) is 0 Å². The van der Waals surface area contributed by atoms with Crippen LogP contribution in [0.2, 0.25) is 0 Å². The number of carboxylic acids is 1. The van der Waals surface area contributed by atoms with Gasteiger partial charge in [0.15, 0.2) is 0 Å². The number of carboxylic acid groups (broad SMARTS) is 1. The standard InChI is InChI=1S/C20H22F2O3/c1-13(2)10-11-20(3,19(23)24)25-16-7-4-14(5-8-16)17-9-6-15(21)12-18(17)22/h4-9,12-13H,10-11H2,1-3H3,(H,23,24). The Labute approximate surface area is 146 Å². The normalized spacial score (nSPS) is 13.5. The Kier molecular flexibility index (Phi) is 5.77. The molecule has 0 saturated heterocycles. The van der Waals surface area contributed by atoms with Gasteiger partial charge < -0.3 is 9.84 Å². The van der Waals surface area contributed by atoms with E-state index in [1.807, 2.05) is 13.8 Å². The summed E-state index contributed by atoms with van der Waals surface area (Å²) in [5, 5.41) is 9.49. The first kappa shape index (κ1) is 18.9. The second kappa shape index (κ2) is 7.64. The molecule has 0 heterocycles. The fraction of sp³-hybridized carbons (Fsp3) is 0.350. The predicted octanol–water partition coefficient (Wildman–Crippen LogP) is 5.29. The quantitative estimate of drug-likeness (QED) is 0.739. The third-order valence-corrected chi connectivity index (χ3v) is 4.09. The van der Waals surface area contributed by atoms with E-state index in [9.17, 15) is 18.7 Å². The van der Waals surface area contributed by atoms with Gasteiger partial charge in [0.25, 0.3) is 0 Å². The van der Waals surface area contributed by atoms with Gasteiger partial charge in [-0.2, -0.15) is 0 Å². The molecule has 25 heavy (non-hydrogen) atoms. The predicted molar refractivity (Wildman–Crippen MR) is 92.5 cm³/mol. The third-order valence-electron chi connectivity index (χ3n) is 4.09. The van der Waals surface area contributed by atoms with E-state index in [4.69, 9.17) is 4.74 Å². The molecular weight excluding hydrogens is 326 g/mol. The van der Waals surface area contributed by atoms with Gasteiger partial charge in [-0.1, -0.05) is 26.0 Å². The van der Waals surface area contributed by atoms with Crippen molar-refractivity contribution in [3.05, 3.63) is 54.1 Å². The van der Waals surface area contributed by atoms with E-state index in [1.165, 1.54) is 12.1 Å². The summed E-state index contributed by atoms with van der Waals surface area (Å²) >= 11 is 0. The van der Waals surface area contributed by atoms with Crippen LogP contribution in [0.1, 0.15) is 33.6 Å². The molecule has 1 atom stereocenters. The van der Waals surface area contributed by atoms with Crippen LogP contribution < -0.4 is 4.74 Å². The highest BCUT2D eigenvalue weighted by Gasteiger charge is 2.35. The summed E-state index contributed by atoms with van der Waals surface area (Å²) in [5.74, 6) is -1.56. The monoisotopic (exact) mass is 348 g/mol. The lowest BCUT2D eigenvalue weighted by Crippen LogP contribution is -2.41. The van der Waals surface area contributed by atoms with Crippen molar-refractivity contribution in [2.24, 2.45) is 5.92 Å². The van der Waals surface area contributed by atoms with Crippen LogP contribution in [-0.2, 0) is 4.79 Å². The number of hydrogen-bond donors (Lipinski definition) is 1. The first-order valence-corrected chi connectivity index (χ1v) is 8.19. The number of benzene rings is 2. The number of rotatable bonds is 7. The second-order valence-corrected chi connectivity index (χ2v) is 6.72. The summed E-state index contributed by atoms with van der Waals surface area (Å²) in [6.45, 7) is 5.59. The summed E-state index contributed by atoms with van der Waals surface area (Å²) in [6.07, 6.45) is 1.11. The second-order valence-electron chi connectivity index (χ2n) is 6.72. The van der Waals surface area contributed by atoms with Crippen LogP contribution >= 0.6 is 0 Å². The minimum atomic E-state index is -1.33. The van der Waals surface area contributed by atoms with Gasteiger partial charge >= 0.3 is 5.97 Å². The zero-order valence-corrected chi connectivity index (χ0v) is 14.6.